The Morgan fingerprint density at radius 1 is 1.00 bits per heavy atom. The largest absolute Gasteiger partial charge is 0.436 e. The van der Waals surface area contributed by atoms with Gasteiger partial charge in [-0.2, -0.15) is 0 Å². The summed E-state index contributed by atoms with van der Waals surface area (Å²) in [6, 6.07) is 15.7. The van der Waals surface area contributed by atoms with E-state index in [-0.39, 0.29) is 0 Å². The molecule has 0 fully saturated rings. The van der Waals surface area contributed by atoms with Crippen molar-refractivity contribution in [1.29, 1.82) is 0 Å². The molecule has 0 unspecified atom stereocenters. The summed E-state index contributed by atoms with van der Waals surface area (Å²) in [5, 5.41) is 3.14. The molecule has 3 aromatic rings. The van der Waals surface area contributed by atoms with Crippen LogP contribution in [-0.4, -0.2) is 12.0 Å². The van der Waals surface area contributed by atoms with Gasteiger partial charge in [0.15, 0.2) is 5.58 Å². The van der Waals surface area contributed by atoms with Gasteiger partial charge in [-0.05, 0) is 24.3 Å². The van der Waals surface area contributed by atoms with Crippen LogP contribution in [0.15, 0.2) is 52.9 Å². The number of hydrogen-bond donors (Lipinski definition) is 1. The number of nitrogens with one attached hydrogen (secondary N) is 1. The standard InChI is InChI=1S/C14H12N2O/c1-15-11-7-3-2-6-10(11)14-16-12-8-4-5-9-13(12)17-14/h2-9,15H,1H3. The molecule has 1 aromatic heterocycles. The molecule has 0 aliphatic carbocycles. The molecular weight excluding hydrogens is 212 g/mol. The molecule has 3 nitrogen and oxygen atoms in total. The zero-order valence-corrected chi connectivity index (χ0v) is 9.47. The number of nitrogens with zero attached hydrogens (tertiary/aromatic N) is 1. The molecule has 2 aromatic carbocycles. The third-order valence-electron chi connectivity index (χ3n) is 2.72. The predicted molar refractivity (Wildman–Crippen MR) is 69.0 cm³/mol. The molecule has 84 valence electrons. The fourth-order valence-electron chi connectivity index (χ4n) is 1.88. The minimum absolute atomic E-state index is 0.649. The second-order valence-corrected chi connectivity index (χ2v) is 3.78. The molecular formula is C14H12N2O. The number of benzene rings is 2. The van der Waals surface area contributed by atoms with Crippen LogP contribution in [0.4, 0.5) is 5.69 Å². The third kappa shape index (κ3) is 1.65. The van der Waals surface area contributed by atoms with E-state index >= 15 is 0 Å². The van der Waals surface area contributed by atoms with E-state index in [1.165, 1.54) is 0 Å². The molecule has 3 rings (SSSR count). The fraction of sp³-hybridized carbons (Fsp3) is 0.0714. The molecule has 0 saturated heterocycles. The molecule has 0 bridgehead atoms. The van der Waals surface area contributed by atoms with E-state index < -0.39 is 0 Å². The van der Waals surface area contributed by atoms with Crippen molar-refractivity contribution in [1.82, 2.24) is 4.98 Å². The average Bonchev–Trinajstić information content (AvgIpc) is 2.82. The maximum Gasteiger partial charge on any atom is 0.229 e. The summed E-state index contributed by atoms with van der Waals surface area (Å²) in [5.41, 5.74) is 3.69. The Hall–Kier alpha value is -2.29. The van der Waals surface area contributed by atoms with Gasteiger partial charge in [-0.15, -0.1) is 0 Å². The summed E-state index contributed by atoms with van der Waals surface area (Å²) in [6.45, 7) is 0. The Labute approximate surface area is 99.1 Å². The van der Waals surface area contributed by atoms with Crippen molar-refractivity contribution < 1.29 is 4.42 Å². The smallest absolute Gasteiger partial charge is 0.229 e. The lowest BCUT2D eigenvalue weighted by Crippen LogP contribution is -1.91. The van der Waals surface area contributed by atoms with Gasteiger partial charge < -0.3 is 9.73 Å². The Balaban J connectivity index is 2.20. The van der Waals surface area contributed by atoms with Crippen molar-refractivity contribution >= 4 is 16.8 Å². The number of aromatic nitrogens is 1. The van der Waals surface area contributed by atoms with Crippen LogP contribution in [0.5, 0.6) is 0 Å². The first-order valence-corrected chi connectivity index (χ1v) is 5.51. The second kappa shape index (κ2) is 3.94. The van der Waals surface area contributed by atoms with E-state index in [9.17, 15) is 0 Å². The van der Waals surface area contributed by atoms with Crippen molar-refractivity contribution in [3.8, 4) is 11.5 Å². The van der Waals surface area contributed by atoms with Crippen LogP contribution < -0.4 is 5.32 Å². The highest BCUT2D eigenvalue weighted by molar-refractivity contribution is 5.80. The number of anilines is 1. The SMILES string of the molecule is CNc1ccccc1-c1nc2ccccc2o1. The monoisotopic (exact) mass is 224 g/mol. The molecule has 0 spiro atoms. The maximum atomic E-state index is 5.75. The van der Waals surface area contributed by atoms with E-state index in [4.69, 9.17) is 4.42 Å². The Morgan fingerprint density at radius 3 is 2.59 bits per heavy atom. The van der Waals surface area contributed by atoms with Gasteiger partial charge >= 0.3 is 0 Å². The molecule has 1 heterocycles. The van der Waals surface area contributed by atoms with Gasteiger partial charge in [0.1, 0.15) is 5.52 Å². The summed E-state index contributed by atoms with van der Waals surface area (Å²) in [7, 11) is 1.89. The van der Waals surface area contributed by atoms with Crippen LogP contribution in [0.2, 0.25) is 0 Å². The lowest BCUT2D eigenvalue weighted by Gasteiger charge is -2.04. The van der Waals surface area contributed by atoms with E-state index in [0.29, 0.717) is 5.89 Å². The normalized spacial score (nSPS) is 10.6. The first-order valence-electron chi connectivity index (χ1n) is 5.51. The maximum absolute atomic E-state index is 5.75. The summed E-state index contributed by atoms with van der Waals surface area (Å²) >= 11 is 0. The molecule has 0 amide bonds. The molecule has 3 heteroatoms. The number of hydrogen-bond acceptors (Lipinski definition) is 3. The van der Waals surface area contributed by atoms with Gasteiger partial charge in [-0.3, -0.25) is 0 Å². The van der Waals surface area contributed by atoms with Crippen molar-refractivity contribution in [2.45, 2.75) is 0 Å². The second-order valence-electron chi connectivity index (χ2n) is 3.78. The minimum atomic E-state index is 0.649. The quantitative estimate of drug-likeness (QED) is 0.723. The van der Waals surface area contributed by atoms with Crippen LogP contribution in [0, 0.1) is 0 Å². The molecule has 0 aliphatic heterocycles. The van der Waals surface area contributed by atoms with Gasteiger partial charge in [0, 0.05) is 12.7 Å². The highest BCUT2D eigenvalue weighted by Crippen LogP contribution is 2.29. The lowest BCUT2D eigenvalue weighted by molar-refractivity contribution is 0.620. The molecule has 0 atom stereocenters. The van der Waals surface area contributed by atoms with E-state index in [2.05, 4.69) is 10.3 Å². The number of rotatable bonds is 2. The Morgan fingerprint density at radius 2 is 1.76 bits per heavy atom. The minimum Gasteiger partial charge on any atom is -0.436 e. The molecule has 0 aliphatic rings. The van der Waals surface area contributed by atoms with Crippen LogP contribution in [0.1, 0.15) is 0 Å². The van der Waals surface area contributed by atoms with Crippen LogP contribution in [0.25, 0.3) is 22.6 Å². The highest BCUT2D eigenvalue weighted by Gasteiger charge is 2.10. The fourth-order valence-corrected chi connectivity index (χ4v) is 1.88. The van der Waals surface area contributed by atoms with Gasteiger partial charge in [0.25, 0.3) is 0 Å². The van der Waals surface area contributed by atoms with Gasteiger partial charge in [0.2, 0.25) is 5.89 Å². The summed E-state index contributed by atoms with van der Waals surface area (Å²) in [5.74, 6) is 0.649. The third-order valence-corrected chi connectivity index (χ3v) is 2.72. The summed E-state index contributed by atoms with van der Waals surface area (Å²) in [4.78, 5) is 4.48. The van der Waals surface area contributed by atoms with Crippen molar-refractivity contribution in [3.05, 3.63) is 48.5 Å². The molecule has 1 N–H and O–H groups in total. The van der Waals surface area contributed by atoms with Crippen LogP contribution >= 0.6 is 0 Å². The first-order chi connectivity index (χ1) is 8.38. The van der Waals surface area contributed by atoms with Crippen molar-refractivity contribution in [2.75, 3.05) is 12.4 Å². The molecule has 0 saturated carbocycles. The molecule has 17 heavy (non-hydrogen) atoms. The topological polar surface area (TPSA) is 38.1 Å². The first kappa shape index (κ1) is 9.90. The average molecular weight is 224 g/mol. The number of fused-ring (bicyclic) bond motifs is 1. The van der Waals surface area contributed by atoms with Gasteiger partial charge in [-0.25, -0.2) is 4.98 Å². The lowest BCUT2D eigenvalue weighted by atomic mass is 10.2. The zero-order valence-electron chi connectivity index (χ0n) is 9.47. The number of oxazole rings is 1. The van der Waals surface area contributed by atoms with E-state index in [1.54, 1.807) is 0 Å². The summed E-state index contributed by atoms with van der Waals surface area (Å²) < 4.78 is 5.75. The van der Waals surface area contributed by atoms with Crippen LogP contribution in [0.3, 0.4) is 0 Å². The van der Waals surface area contributed by atoms with Crippen molar-refractivity contribution in [2.24, 2.45) is 0 Å². The Bertz CT molecular complexity index is 625. The van der Waals surface area contributed by atoms with Crippen LogP contribution in [-0.2, 0) is 0 Å². The van der Waals surface area contributed by atoms with E-state index in [1.807, 2.05) is 55.6 Å². The van der Waals surface area contributed by atoms with Crippen molar-refractivity contribution in [3.63, 3.8) is 0 Å². The number of para-hydroxylation sites is 3. The van der Waals surface area contributed by atoms with Gasteiger partial charge in [-0.1, -0.05) is 24.3 Å². The summed E-state index contributed by atoms with van der Waals surface area (Å²) in [6.07, 6.45) is 0. The van der Waals surface area contributed by atoms with Gasteiger partial charge in [0.05, 0.1) is 5.56 Å². The Kier molecular flexibility index (Phi) is 2.29. The predicted octanol–water partition coefficient (Wildman–Crippen LogP) is 3.54. The van der Waals surface area contributed by atoms with E-state index in [0.717, 1.165) is 22.4 Å². The highest BCUT2D eigenvalue weighted by atomic mass is 16.3. The molecule has 0 radical (unpaired) electrons. The zero-order chi connectivity index (χ0) is 11.7.